The van der Waals surface area contributed by atoms with Crippen molar-refractivity contribution in [1.82, 2.24) is 15.0 Å². The van der Waals surface area contributed by atoms with Crippen LogP contribution in [0, 0.1) is 6.92 Å². The standard InChI is InChI=1S/C20H23N3/c1-3-4-7-18(15-14-17-12-10-16(2)11-13-17)23-20-9-6-5-8-19(20)21-22-23/h5-6,8-15,18H,3-4,7H2,1-2H3. The first-order valence-corrected chi connectivity index (χ1v) is 8.32. The first-order chi connectivity index (χ1) is 11.3. The number of rotatable bonds is 6. The Balaban J connectivity index is 1.89. The summed E-state index contributed by atoms with van der Waals surface area (Å²) in [5.41, 5.74) is 4.56. The molecule has 0 saturated carbocycles. The topological polar surface area (TPSA) is 30.7 Å². The zero-order valence-corrected chi connectivity index (χ0v) is 13.8. The second-order valence-electron chi connectivity index (χ2n) is 6.00. The van der Waals surface area contributed by atoms with Crippen LogP contribution in [-0.4, -0.2) is 15.0 Å². The Morgan fingerprint density at radius 2 is 1.87 bits per heavy atom. The summed E-state index contributed by atoms with van der Waals surface area (Å²) in [7, 11) is 0. The number of hydrogen-bond donors (Lipinski definition) is 0. The van der Waals surface area contributed by atoms with Crippen molar-refractivity contribution < 1.29 is 0 Å². The lowest BCUT2D eigenvalue weighted by molar-refractivity contribution is 0.486. The molecule has 0 N–H and O–H groups in total. The van der Waals surface area contributed by atoms with Gasteiger partial charge in [-0.2, -0.15) is 0 Å². The van der Waals surface area contributed by atoms with E-state index in [1.807, 2.05) is 18.2 Å². The summed E-state index contributed by atoms with van der Waals surface area (Å²) < 4.78 is 2.05. The number of nitrogens with zero attached hydrogens (tertiary/aromatic N) is 3. The summed E-state index contributed by atoms with van der Waals surface area (Å²) in [6, 6.07) is 17.0. The number of hydrogen-bond acceptors (Lipinski definition) is 2. The fourth-order valence-corrected chi connectivity index (χ4v) is 2.75. The predicted octanol–water partition coefficient (Wildman–Crippen LogP) is 5.18. The molecule has 118 valence electrons. The van der Waals surface area contributed by atoms with Crippen molar-refractivity contribution in [2.24, 2.45) is 0 Å². The van der Waals surface area contributed by atoms with Gasteiger partial charge in [-0.1, -0.05) is 79.1 Å². The minimum Gasteiger partial charge on any atom is -0.238 e. The molecule has 0 radical (unpaired) electrons. The lowest BCUT2D eigenvalue weighted by atomic mass is 10.1. The van der Waals surface area contributed by atoms with Gasteiger partial charge in [-0.05, 0) is 31.0 Å². The second kappa shape index (κ2) is 7.23. The van der Waals surface area contributed by atoms with E-state index in [4.69, 9.17) is 0 Å². The zero-order chi connectivity index (χ0) is 16.1. The van der Waals surface area contributed by atoms with E-state index >= 15 is 0 Å². The molecule has 0 aliphatic rings. The Morgan fingerprint density at radius 3 is 2.65 bits per heavy atom. The normalized spacial score (nSPS) is 13.0. The molecule has 1 atom stereocenters. The van der Waals surface area contributed by atoms with E-state index in [1.165, 1.54) is 24.0 Å². The van der Waals surface area contributed by atoms with Gasteiger partial charge in [-0.25, -0.2) is 4.68 Å². The minimum atomic E-state index is 0.239. The smallest absolute Gasteiger partial charge is 0.113 e. The van der Waals surface area contributed by atoms with Gasteiger partial charge >= 0.3 is 0 Å². The van der Waals surface area contributed by atoms with Gasteiger partial charge in [-0.15, -0.1) is 5.10 Å². The Labute approximate surface area is 137 Å². The highest BCUT2D eigenvalue weighted by molar-refractivity contribution is 5.74. The molecule has 0 amide bonds. The van der Waals surface area contributed by atoms with Crippen LogP contribution in [0.1, 0.15) is 43.4 Å². The summed E-state index contributed by atoms with van der Waals surface area (Å²) in [4.78, 5) is 0. The molecule has 3 heteroatoms. The van der Waals surface area contributed by atoms with Crippen molar-refractivity contribution >= 4 is 17.1 Å². The average Bonchev–Trinajstić information content (AvgIpc) is 3.01. The molecule has 0 aliphatic carbocycles. The molecular formula is C20H23N3. The van der Waals surface area contributed by atoms with E-state index in [2.05, 4.69) is 71.3 Å². The molecule has 0 bridgehead atoms. The Hall–Kier alpha value is -2.42. The first kappa shape index (κ1) is 15.5. The molecular weight excluding hydrogens is 282 g/mol. The molecule has 3 nitrogen and oxygen atoms in total. The zero-order valence-electron chi connectivity index (χ0n) is 13.8. The van der Waals surface area contributed by atoms with Gasteiger partial charge in [0.15, 0.2) is 0 Å². The van der Waals surface area contributed by atoms with Gasteiger partial charge in [0.1, 0.15) is 5.52 Å². The van der Waals surface area contributed by atoms with E-state index < -0.39 is 0 Å². The van der Waals surface area contributed by atoms with Gasteiger partial charge in [0, 0.05) is 0 Å². The van der Waals surface area contributed by atoms with Gasteiger partial charge in [-0.3, -0.25) is 0 Å². The highest BCUT2D eigenvalue weighted by Crippen LogP contribution is 2.22. The maximum atomic E-state index is 4.39. The van der Waals surface area contributed by atoms with Crippen LogP contribution in [-0.2, 0) is 0 Å². The minimum absolute atomic E-state index is 0.239. The SMILES string of the molecule is CCCCC(C=Cc1ccc(C)cc1)n1nnc2ccccc21. The van der Waals surface area contributed by atoms with Crippen LogP contribution in [0.15, 0.2) is 54.6 Å². The quantitative estimate of drug-likeness (QED) is 0.628. The maximum Gasteiger partial charge on any atom is 0.113 e. The second-order valence-corrected chi connectivity index (χ2v) is 6.00. The molecule has 3 rings (SSSR count). The molecule has 0 spiro atoms. The highest BCUT2D eigenvalue weighted by atomic mass is 15.4. The third kappa shape index (κ3) is 3.67. The Morgan fingerprint density at radius 1 is 1.09 bits per heavy atom. The lowest BCUT2D eigenvalue weighted by Crippen LogP contribution is -2.08. The van der Waals surface area contributed by atoms with E-state index in [9.17, 15) is 0 Å². The van der Waals surface area contributed by atoms with Crippen molar-refractivity contribution in [3.63, 3.8) is 0 Å². The van der Waals surface area contributed by atoms with E-state index in [0.717, 1.165) is 17.5 Å². The molecule has 3 aromatic rings. The Kier molecular flexibility index (Phi) is 4.86. The van der Waals surface area contributed by atoms with Gasteiger partial charge in [0.05, 0.1) is 11.6 Å². The van der Waals surface area contributed by atoms with Crippen LogP contribution in [0.5, 0.6) is 0 Å². The van der Waals surface area contributed by atoms with Crippen molar-refractivity contribution in [3.8, 4) is 0 Å². The lowest BCUT2D eigenvalue weighted by Gasteiger charge is -2.13. The Bertz CT molecular complexity index is 784. The van der Waals surface area contributed by atoms with E-state index in [0.29, 0.717) is 0 Å². The van der Waals surface area contributed by atoms with E-state index in [1.54, 1.807) is 0 Å². The van der Waals surface area contributed by atoms with Gasteiger partial charge in [0.25, 0.3) is 0 Å². The molecule has 2 aromatic carbocycles. The molecule has 23 heavy (non-hydrogen) atoms. The molecule has 0 fully saturated rings. The van der Waals surface area contributed by atoms with Crippen LogP contribution >= 0.6 is 0 Å². The van der Waals surface area contributed by atoms with Crippen molar-refractivity contribution in [1.29, 1.82) is 0 Å². The fraction of sp³-hybridized carbons (Fsp3) is 0.300. The summed E-state index contributed by atoms with van der Waals surface area (Å²) in [5, 5.41) is 8.68. The first-order valence-electron chi connectivity index (χ1n) is 8.32. The van der Waals surface area contributed by atoms with Crippen molar-refractivity contribution in [2.45, 2.75) is 39.2 Å². The summed E-state index contributed by atoms with van der Waals surface area (Å²) >= 11 is 0. The average molecular weight is 305 g/mol. The molecule has 1 aromatic heterocycles. The van der Waals surface area contributed by atoms with Crippen LogP contribution in [0.4, 0.5) is 0 Å². The van der Waals surface area contributed by atoms with Crippen molar-refractivity contribution in [3.05, 3.63) is 65.7 Å². The van der Waals surface area contributed by atoms with Crippen LogP contribution in [0.3, 0.4) is 0 Å². The maximum absolute atomic E-state index is 4.39. The number of benzene rings is 2. The van der Waals surface area contributed by atoms with Crippen molar-refractivity contribution in [2.75, 3.05) is 0 Å². The molecule has 1 heterocycles. The molecule has 1 unspecified atom stereocenters. The number of unbranched alkanes of at least 4 members (excludes halogenated alkanes) is 1. The monoisotopic (exact) mass is 305 g/mol. The van der Waals surface area contributed by atoms with Gasteiger partial charge in [0.2, 0.25) is 0 Å². The highest BCUT2D eigenvalue weighted by Gasteiger charge is 2.12. The molecule has 0 aliphatic heterocycles. The van der Waals surface area contributed by atoms with Crippen LogP contribution < -0.4 is 0 Å². The van der Waals surface area contributed by atoms with Gasteiger partial charge < -0.3 is 0 Å². The number of aromatic nitrogens is 3. The summed E-state index contributed by atoms with van der Waals surface area (Å²) in [6.45, 7) is 4.33. The number of fused-ring (bicyclic) bond motifs is 1. The van der Waals surface area contributed by atoms with E-state index in [-0.39, 0.29) is 6.04 Å². The number of para-hydroxylation sites is 1. The third-order valence-electron chi connectivity index (χ3n) is 4.13. The predicted molar refractivity (Wildman–Crippen MR) is 96.3 cm³/mol. The number of allylic oxidation sites excluding steroid dienone is 1. The third-order valence-corrected chi connectivity index (χ3v) is 4.13. The molecule has 0 saturated heterocycles. The largest absolute Gasteiger partial charge is 0.238 e. The van der Waals surface area contributed by atoms with Crippen LogP contribution in [0.25, 0.3) is 17.1 Å². The summed E-state index contributed by atoms with van der Waals surface area (Å²) in [5.74, 6) is 0. The fourth-order valence-electron chi connectivity index (χ4n) is 2.75. The summed E-state index contributed by atoms with van der Waals surface area (Å²) in [6.07, 6.45) is 7.88. The van der Waals surface area contributed by atoms with Crippen LogP contribution in [0.2, 0.25) is 0 Å². The number of aryl methyl sites for hydroxylation is 1.